The molecule has 0 N–H and O–H groups in total. The van der Waals surface area contributed by atoms with Crippen LogP contribution in [0.5, 0.6) is 0 Å². The molecule has 0 bridgehead atoms. The monoisotopic (exact) mass is 422 g/mol. The molecule has 4 heteroatoms. The zero-order chi connectivity index (χ0) is 22.2. The first-order valence-corrected chi connectivity index (χ1v) is 12.1. The molecule has 168 valence electrons. The minimum Gasteiger partial charge on any atom is -0.461 e. The Morgan fingerprint density at radius 3 is 2.45 bits per heavy atom. The van der Waals surface area contributed by atoms with Crippen molar-refractivity contribution in [1.82, 2.24) is 9.78 Å². The van der Waals surface area contributed by atoms with Crippen LogP contribution in [-0.4, -0.2) is 22.4 Å². The van der Waals surface area contributed by atoms with E-state index in [4.69, 9.17) is 9.84 Å². The Morgan fingerprint density at radius 2 is 1.84 bits per heavy atom. The molecule has 1 aromatic heterocycles. The molecular formula is C27H38N2O2. The SMILES string of the molecule is CCOC(=O)c1cc(-c2cc(C(C)(C)C)cc(C3(C)CC3)c2)n(CC2CCCCC2)n1. The Balaban J connectivity index is 1.78. The van der Waals surface area contributed by atoms with Gasteiger partial charge >= 0.3 is 5.97 Å². The fourth-order valence-corrected chi connectivity index (χ4v) is 4.74. The molecule has 31 heavy (non-hydrogen) atoms. The van der Waals surface area contributed by atoms with E-state index < -0.39 is 0 Å². The van der Waals surface area contributed by atoms with Gasteiger partial charge in [0.2, 0.25) is 0 Å². The predicted molar refractivity (Wildman–Crippen MR) is 125 cm³/mol. The van der Waals surface area contributed by atoms with Crippen molar-refractivity contribution in [1.29, 1.82) is 0 Å². The second-order valence-electron chi connectivity index (χ2n) is 10.9. The summed E-state index contributed by atoms with van der Waals surface area (Å²) in [4.78, 5) is 12.5. The summed E-state index contributed by atoms with van der Waals surface area (Å²) in [5.74, 6) is 0.307. The lowest BCUT2D eigenvalue weighted by Crippen LogP contribution is -2.17. The van der Waals surface area contributed by atoms with Crippen molar-refractivity contribution in [3.63, 3.8) is 0 Å². The number of benzene rings is 1. The van der Waals surface area contributed by atoms with Gasteiger partial charge in [0.15, 0.2) is 5.69 Å². The largest absolute Gasteiger partial charge is 0.461 e. The minimum absolute atomic E-state index is 0.0637. The Kier molecular flexibility index (Phi) is 6.02. The summed E-state index contributed by atoms with van der Waals surface area (Å²) >= 11 is 0. The van der Waals surface area contributed by atoms with Crippen molar-refractivity contribution >= 4 is 5.97 Å². The Labute approximate surface area is 187 Å². The second-order valence-corrected chi connectivity index (χ2v) is 10.9. The fraction of sp³-hybridized carbons (Fsp3) is 0.630. The zero-order valence-electron chi connectivity index (χ0n) is 20.0. The molecular weight excluding hydrogens is 384 g/mol. The fourth-order valence-electron chi connectivity index (χ4n) is 4.74. The second kappa shape index (κ2) is 8.44. The molecule has 4 nitrogen and oxygen atoms in total. The lowest BCUT2D eigenvalue weighted by Gasteiger charge is -2.24. The summed E-state index contributed by atoms with van der Waals surface area (Å²) in [7, 11) is 0. The summed E-state index contributed by atoms with van der Waals surface area (Å²) in [6.07, 6.45) is 8.93. The van der Waals surface area contributed by atoms with Gasteiger partial charge in [-0.3, -0.25) is 4.68 Å². The summed E-state index contributed by atoms with van der Waals surface area (Å²) in [5.41, 5.74) is 5.75. The Bertz CT molecular complexity index is 917. The smallest absolute Gasteiger partial charge is 0.358 e. The number of aromatic nitrogens is 2. The van der Waals surface area contributed by atoms with Crippen LogP contribution in [0.1, 0.15) is 101 Å². The molecule has 4 rings (SSSR count). The number of esters is 1. The van der Waals surface area contributed by atoms with Crippen molar-refractivity contribution in [3.05, 3.63) is 41.1 Å². The quantitative estimate of drug-likeness (QED) is 0.489. The summed E-state index contributed by atoms with van der Waals surface area (Å²) in [6.45, 7) is 12.3. The first-order valence-electron chi connectivity index (χ1n) is 12.1. The highest BCUT2D eigenvalue weighted by molar-refractivity contribution is 5.88. The van der Waals surface area contributed by atoms with Crippen molar-refractivity contribution in [3.8, 4) is 11.3 Å². The van der Waals surface area contributed by atoms with Gasteiger partial charge in [-0.15, -0.1) is 0 Å². The lowest BCUT2D eigenvalue weighted by molar-refractivity contribution is 0.0518. The molecule has 0 aliphatic heterocycles. The molecule has 0 unspecified atom stereocenters. The van der Waals surface area contributed by atoms with E-state index in [2.05, 4.69) is 50.6 Å². The molecule has 2 aromatic rings. The maximum Gasteiger partial charge on any atom is 0.358 e. The molecule has 1 heterocycles. The van der Waals surface area contributed by atoms with Crippen LogP contribution in [-0.2, 0) is 22.1 Å². The van der Waals surface area contributed by atoms with Crippen LogP contribution in [0.2, 0.25) is 0 Å². The van der Waals surface area contributed by atoms with Gasteiger partial charge in [-0.25, -0.2) is 4.79 Å². The van der Waals surface area contributed by atoms with Gasteiger partial charge < -0.3 is 4.74 Å². The van der Waals surface area contributed by atoms with E-state index in [9.17, 15) is 4.79 Å². The molecule has 2 aliphatic carbocycles. The molecule has 2 fully saturated rings. The normalized spacial score (nSPS) is 18.7. The molecule has 2 saturated carbocycles. The van der Waals surface area contributed by atoms with E-state index in [0.29, 0.717) is 18.2 Å². The number of hydrogen-bond acceptors (Lipinski definition) is 3. The highest BCUT2D eigenvalue weighted by atomic mass is 16.5. The minimum atomic E-state index is -0.326. The van der Waals surface area contributed by atoms with Gasteiger partial charge in [-0.1, -0.05) is 53.0 Å². The van der Waals surface area contributed by atoms with E-state index >= 15 is 0 Å². The van der Waals surface area contributed by atoms with Gasteiger partial charge in [-0.05, 0) is 78.7 Å². The average Bonchev–Trinajstić information content (AvgIpc) is 3.35. The number of ether oxygens (including phenoxy) is 1. The third-order valence-electron chi connectivity index (χ3n) is 7.21. The van der Waals surface area contributed by atoms with Gasteiger partial charge in [0.05, 0.1) is 12.3 Å². The number of carbonyl (C=O) groups is 1. The molecule has 2 aliphatic rings. The molecule has 0 radical (unpaired) electrons. The molecule has 1 aromatic carbocycles. The van der Waals surface area contributed by atoms with Crippen molar-refractivity contribution < 1.29 is 9.53 Å². The van der Waals surface area contributed by atoms with E-state index in [1.807, 2.05) is 13.0 Å². The summed E-state index contributed by atoms with van der Waals surface area (Å²) in [5, 5.41) is 4.74. The number of carbonyl (C=O) groups excluding carboxylic acids is 1. The standard InChI is InChI=1S/C27H38N2O2/c1-6-31-25(30)23-17-24(29(28-23)18-19-10-8-7-9-11-19)20-14-21(26(2,3)4)16-22(15-20)27(5)12-13-27/h14-17,19H,6-13,18H2,1-5H3. The third kappa shape index (κ3) is 4.88. The van der Waals surface area contributed by atoms with Gasteiger partial charge in [0, 0.05) is 12.1 Å². The van der Waals surface area contributed by atoms with Crippen molar-refractivity contribution in [2.24, 2.45) is 5.92 Å². The van der Waals surface area contributed by atoms with Crippen molar-refractivity contribution in [2.45, 2.75) is 96.9 Å². The van der Waals surface area contributed by atoms with Crippen LogP contribution in [0.3, 0.4) is 0 Å². The van der Waals surface area contributed by atoms with Crippen LogP contribution >= 0.6 is 0 Å². The molecule has 0 amide bonds. The summed E-state index contributed by atoms with van der Waals surface area (Å²) in [6, 6.07) is 8.98. The topological polar surface area (TPSA) is 44.1 Å². The van der Waals surface area contributed by atoms with Crippen molar-refractivity contribution in [2.75, 3.05) is 6.61 Å². The van der Waals surface area contributed by atoms with Crippen LogP contribution < -0.4 is 0 Å². The first-order chi connectivity index (χ1) is 14.7. The first kappa shape index (κ1) is 22.1. The van der Waals surface area contributed by atoms with E-state index in [0.717, 1.165) is 12.2 Å². The lowest BCUT2D eigenvalue weighted by atomic mass is 9.82. The Morgan fingerprint density at radius 1 is 1.13 bits per heavy atom. The average molecular weight is 423 g/mol. The van der Waals surface area contributed by atoms with E-state index in [1.54, 1.807) is 0 Å². The van der Waals surface area contributed by atoms with Gasteiger partial charge in [0.1, 0.15) is 0 Å². The highest BCUT2D eigenvalue weighted by Gasteiger charge is 2.40. The van der Waals surface area contributed by atoms with E-state index in [-0.39, 0.29) is 16.8 Å². The number of nitrogens with zero attached hydrogens (tertiary/aromatic N) is 2. The zero-order valence-corrected chi connectivity index (χ0v) is 20.0. The van der Waals surface area contributed by atoms with Gasteiger partial charge in [-0.2, -0.15) is 5.10 Å². The molecule has 0 saturated heterocycles. The maximum absolute atomic E-state index is 12.5. The maximum atomic E-state index is 12.5. The highest BCUT2D eigenvalue weighted by Crippen LogP contribution is 2.49. The summed E-state index contributed by atoms with van der Waals surface area (Å²) < 4.78 is 7.36. The third-order valence-corrected chi connectivity index (χ3v) is 7.21. The van der Waals surface area contributed by atoms with Gasteiger partial charge in [0.25, 0.3) is 0 Å². The number of hydrogen-bond donors (Lipinski definition) is 0. The molecule has 0 atom stereocenters. The van der Waals surface area contributed by atoms with E-state index in [1.165, 1.54) is 61.6 Å². The Hall–Kier alpha value is -2.10. The van der Waals surface area contributed by atoms with Crippen LogP contribution in [0.15, 0.2) is 24.3 Å². The van der Waals surface area contributed by atoms with Crippen LogP contribution in [0.25, 0.3) is 11.3 Å². The predicted octanol–water partition coefficient (Wildman–Crippen LogP) is 6.66. The molecule has 0 spiro atoms. The van der Waals surface area contributed by atoms with Crippen LogP contribution in [0, 0.1) is 5.92 Å². The number of rotatable bonds is 6. The van der Waals surface area contributed by atoms with Crippen LogP contribution in [0.4, 0.5) is 0 Å².